The highest BCUT2D eigenvalue weighted by atomic mass is 16.1. The number of ketones is 1. The maximum absolute atomic E-state index is 12.2. The third-order valence-electron chi connectivity index (χ3n) is 4.19. The molecule has 25 heavy (non-hydrogen) atoms. The van der Waals surface area contributed by atoms with Crippen molar-refractivity contribution in [2.45, 2.75) is 72.4 Å². The Hall–Kier alpha value is -1.68. The van der Waals surface area contributed by atoms with Crippen LogP contribution >= 0.6 is 0 Å². The second-order valence-corrected chi connectivity index (χ2v) is 7.41. The molecule has 0 heterocycles. The molecule has 0 fully saturated rings. The molecule has 0 saturated heterocycles. The van der Waals surface area contributed by atoms with Crippen LogP contribution in [-0.2, 0) is 16.0 Å². The Kier molecular flexibility index (Phi) is 9.43. The van der Waals surface area contributed by atoms with Crippen molar-refractivity contribution in [2.24, 2.45) is 5.92 Å². The van der Waals surface area contributed by atoms with E-state index in [1.54, 1.807) is 0 Å². The fourth-order valence-electron chi connectivity index (χ4n) is 2.76. The van der Waals surface area contributed by atoms with Crippen molar-refractivity contribution in [1.82, 2.24) is 10.6 Å². The normalized spacial score (nSPS) is 12.4. The summed E-state index contributed by atoms with van der Waals surface area (Å²) in [6.07, 6.45) is 2.91. The third kappa shape index (κ3) is 8.82. The molecule has 1 atom stereocenters. The Morgan fingerprint density at radius 2 is 1.68 bits per heavy atom. The molecule has 0 radical (unpaired) electrons. The Morgan fingerprint density at radius 3 is 2.24 bits per heavy atom. The van der Waals surface area contributed by atoms with Gasteiger partial charge in [-0.2, -0.15) is 0 Å². The van der Waals surface area contributed by atoms with Gasteiger partial charge in [-0.1, -0.05) is 57.5 Å². The molecule has 0 aliphatic rings. The van der Waals surface area contributed by atoms with Gasteiger partial charge in [0.2, 0.25) is 5.91 Å². The van der Waals surface area contributed by atoms with Crippen molar-refractivity contribution >= 4 is 11.7 Å². The molecule has 4 heteroatoms. The number of rotatable bonds is 11. The summed E-state index contributed by atoms with van der Waals surface area (Å²) in [6.45, 7) is 10.5. The minimum atomic E-state index is -0.187. The zero-order chi connectivity index (χ0) is 18.8. The Labute approximate surface area is 152 Å². The zero-order valence-electron chi connectivity index (χ0n) is 16.4. The van der Waals surface area contributed by atoms with Crippen molar-refractivity contribution in [1.29, 1.82) is 0 Å². The van der Waals surface area contributed by atoms with E-state index in [1.165, 1.54) is 11.1 Å². The smallest absolute Gasteiger partial charge is 0.220 e. The number of hydrogen-bond acceptors (Lipinski definition) is 3. The van der Waals surface area contributed by atoms with Gasteiger partial charge in [0.25, 0.3) is 0 Å². The highest BCUT2D eigenvalue weighted by molar-refractivity contribution is 5.85. The first-order valence-electron chi connectivity index (χ1n) is 9.41. The topological polar surface area (TPSA) is 58.2 Å². The Morgan fingerprint density at radius 1 is 1.04 bits per heavy atom. The van der Waals surface area contributed by atoms with E-state index >= 15 is 0 Å². The van der Waals surface area contributed by atoms with Gasteiger partial charge in [0.15, 0.2) is 5.78 Å². The van der Waals surface area contributed by atoms with Crippen molar-refractivity contribution in [3.8, 4) is 0 Å². The summed E-state index contributed by atoms with van der Waals surface area (Å²) in [6, 6.07) is 8.50. The van der Waals surface area contributed by atoms with Crippen LogP contribution in [0, 0.1) is 12.8 Å². The summed E-state index contributed by atoms with van der Waals surface area (Å²) in [5, 5.41) is 6.25. The minimum Gasteiger partial charge on any atom is -0.356 e. The second-order valence-electron chi connectivity index (χ2n) is 7.41. The molecule has 0 aliphatic carbocycles. The predicted molar refractivity (Wildman–Crippen MR) is 104 cm³/mol. The minimum absolute atomic E-state index is 0.00135. The SMILES string of the molecule is Cc1ccc(CCCC(=O)NCCC(NC(C)C)C(=O)C(C)C)cc1. The van der Waals surface area contributed by atoms with Crippen LogP contribution < -0.4 is 10.6 Å². The summed E-state index contributed by atoms with van der Waals surface area (Å²) < 4.78 is 0. The van der Waals surface area contributed by atoms with E-state index in [1.807, 2.05) is 27.7 Å². The van der Waals surface area contributed by atoms with Gasteiger partial charge in [0, 0.05) is 24.9 Å². The molecule has 1 rings (SSSR count). The second kappa shape index (κ2) is 11.0. The summed E-state index contributed by atoms with van der Waals surface area (Å²) in [4.78, 5) is 24.2. The first-order chi connectivity index (χ1) is 11.8. The quantitative estimate of drug-likeness (QED) is 0.645. The Balaban J connectivity index is 2.29. The lowest BCUT2D eigenvalue weighted by atomic mass is 9.98. The predicted octanol–water partition coefficient (Wildman–Crippen LogP) is 3.42. The molecule has 0 aromatic heterocycles. The van der Waals surface area contributed by atoms with Crippen LogP contribution in [-0.4, -0.2) is 30.3 Å². The van der Waals surface area contributed by atoms with E-state index in [-0.39, 0.29) is 29.7 Å². The van der Waals surface area contributed by atoms with Crippen molar-refractivity contribution in [3.05, 3.63) is 35.4 Å². The third-order valence-corrected chi connectivity index (χ3v) is 4.19. The molecule has 0 aliphatic heterocycles. The molecule has 4 nitrogen and oxygen atoms in total. The lowest BCUT2D eigenvalue weighted by Gasteiger charge is -2.22. The van der Waals surface area contributed by atoms with E-state index in [4.69, 9.17) is 0 Å². The van der Waals surface area contributed by atoms with Crippen LogP contribution in [0.2, 0.25) is 0 Å². The summed E-state index contributed by atoms with van der Waals surface area (Å²) >= 11 is 0. The van der Waals surface area contributed by atoms with E-state index in [0.29, 0.717) is 19.4 Å². The fourth-order valence-corrected chi connectivity index (χ4v) is 2.76. The summed E-state index contributed by atoms with van der Waals surface area (Å²) in [7, 11) is 0. The van der Waals surface area contributed by atoms with E-state index < -0.39 is 0 Å². The summed E-state index contributed by atoms with van der Waals surface area (Å²) in [5.74, 6) is 0.274. The molecule has 1 amide bonds. The van der Waals surface area contributed by atoms with E-state index in [9.17, 15) is 9.59 Å². The molecule has 0 saturated carbocycles. The van der Waals surface area contributed by atoms with Gasteiger partial charge in [-0.05, 0) is 31.7 Å². The van der Waals surface area contributed by atoms with Crippen LogP contribution in [0.25, 0.3) is 0 Å². The van der Waals surface area contributed by atoms with Crippen LogP contribution in [0.5, 0.6) is 0 Å². The standard InChI is InChI=1S/C21H34N2O2/c1-15(2)21(25)19(23-16(3)4)13-14-22-20(24)8-6-7-18-11-9-17(5)10-12-18/h9-12,15-16,19,23H,6-8,13-14H2,1-5H3,(H,22,24). The molecule has 0 bridgehead atoms. The van der Waals surface area contributed by atoms with Gasteiger partial charge in [0.05, 0.1) is 6.04 Å². The van der Waals surface area contributed by atoms with Crippen molar-refractivity contribution < 1.29 is 9.59 Å². The first kappa shape index (κ1) is 21.4. The van der Waals surface area contributed by atoms with Gasteiger partial charge in [-0.25, -0.2) is 0 Å². The maximum atomic E-state index is 12.2. The van der Waals surface area contributed by atoms with Crippen LogP contribution in [0.1, 0.15) is 58.1 Å². The Bertz CT molecular complexity index is 535. The highest BCUT2D eigenvalue weighted by Crippen LogP contribution is 2.08. The first-order valence-corrected chi connectivity index (χ1v) is 9.41. The molecule has 1 unspecified atom stereocenters. The molecular weight excluding hydrogens is 312 g/mol. The van der Waals surface area contributed by atoms with E-state index in [2.05, 4.69) is 41.8 Å². The zero-order valence-corrected chi connectivity index (χ0v) is 16.4. The number of amides is 1. The van der Waals surface area contributed by atoms with Crippen LogP contribution in [0.3, 0.4) is 0 Å². The van der Waals surface area contributed by atoms with Gasteiger partial charge >= 0.3 is 0 Å². The van der Waals surface area contributed by atoms with Crippen molar-refractivity contribution in [3.63, 3.8) is 0 Å². The van der Waals surface area contributed by atoms with Gasteiger partial charge in [-0.3, -0.25) is 9.59 Å². The van der Waals surface area contributed by atoms with Gasteiger partial charge in [-0.15, -0.1) is 0 Å². The number of carbonyl (C=O) groups excluding carboxylic acids is 2. The molecule has 0 spiro atoms. The van der Waals surface area contributed by atoms with Gasteiger partial charge < -0.3 is 10.6 Å². The number of aryl methyl sites for hydroxylation is 2. The summed E-state index contributed by atoms with van der Waals surface area (Å²) in [5.41, 5.74) is 2.52. The molecule has 1 aromatic carbocycles. The number of carbonyl (C=O) groups is 2. The largest absolute Gasteiger partial charge is 0.356 e. The molecular formula is C21H34N2O2. The molecule has 2 N–H and O–H groups in total. The van der Waals surface area contributed by atoms with Gasteiger partial charge in [0.1, 0.15) is 0 Å². The molecule has 140 valence electrons. The average Bonchev–Trinajstić information content (AvgIpc) is 2.54. The number of benzene rings is 1. The lowest BCUT2D eigenvalue weighted by Crippen LogP contribution is -2.44. The van der Waals surface area contributed by atoms with Crippen molar-refractivity contribution in [2.75, 3.05) is 6.54 Å². The van der Waals surface area contributed by atoms with Crippen LogP contribution in [0.4, 0.5) is 0 Å². The maximum Gasteiger partial charge on any atom is 0.220 e. The highest BCUT2D eigenvalue weighted by Gasteiger charge is 2.21. The molecule has 1 aromatic rings. The van der Waals surface area contributed by atoms with Crippen LogP contribution in [0.15, 0.2) is 24.3 Å². The average molecular weight is 347 g/mol. The number of Topliss-reactive ketones (excluding diaryl/α,β-unsaturated/α-hetero) is 1. The number of nitrogens with one attached hydrogen (secondary N) is 2. The monoisotopic (exact) mass is 346 g/mol. The lowest BCUT2D eigenvalue weighted by molar-refractivity contribution is -0.125. The van der Waals surface area contributed by atoms with E-state index in [0.717, 1.165) is 12.8 Å². The fraction of sp³-hybridized carbons (Fsp3) is 0.619. The number of hydrogen-bond donors (Lipinski definition) is 2.